The Kier molecular flexibility index (Phi) is 3.45. The molecule has 1 nitrogen and oxygen atoms in total. The van der Waals surface area contributed by atoms with Crippen LogP contribution in [0.3, 0.4) is 0 Å². The highest BCUT2D eigenvalue weighted by Gasteiger charge is 2.10. The highest BCUT2D eigenvalue weighted by molar-refractivity contribution is 6.36. The summed E-state index contributed by atoms with van der Waals surface area (Å²) in [5.74, 6) is 0. The molecule has 100 valence electrons. The maximum Gasteiger partial charge on any atom is 0.0720 e. The van der Waals surface area contributed by atoms with Gasteiger partial charge in [-0.25, -0.2) is 0 Å². The second-order valence-electron chi connectivity index (χ2n) is 4.94. The molecule has 1 aromatic heterocycles. The van der Waals surface area contributed by atoms with Crippen LogP contribution >= 0.6 is 11.6 Å². The second-order valence-corrected chi connectivity index (χ2v) is 5.32. The minimum atomic E-state index is 0.841. The highest BCUT2D eigenvalue weighted by atomic mass is 35.5. The lowest BCUT2D eigenvalue weighted by molar-refractivity contribution is 1.07. The van der Waals surface area contributed by atoms with Gasteiger partial charge in [-0.1, -0.05) is 54.9 Å². The van der Waals surface area contributed by atoms with Crippen LogP contribution in [-0.4, -0.2) is 4.98 Å². The molecule has 0 atom stereocenters. The third kappa shape index (κ3) is 2.19. The van der Waals surface area contributed by atoms with Crippen LogP contribution in [0.4, 0.5) is 0 Å². The molecule has 0 bridgehead atoms. The number of hydrogen-bond acceptors (Lipinski definition) is 1. The fourth-order valence-corrected chi connectivity index (χ4v) is 3.02. The van der Waals surface area contributed by atoms with Gasteiger partial charge < -0.3 is 0 Å². The van der Waals surface area contributed by atoms with Gasteiger partial charge >= 0.3 is 0 Å². The van der Waals surface area contributed by atoms with E-state index in [1.165, 1.54) is 11.1 Å². The smallest absolute Gasteiger partial charge is 0.0720 e. The summed E-state index contributed by atoms with van der Waals surface area (Å²) in [7, 11) is 0. The maximum atomic E-state index is 6.57. The van der Waals surface area contributed by atoms with Crippen molar-refractivity contribution in [3.05, 3.63) is 64.8 Å². The first-order valence-corrected chi connectivity index (χ1v) is 7.22. The number of aryl methyl sites for hydroxylation is 1. The van der Waals surface area contributed by atoms with Crippen molar-refractivity contribution < 1.29 is 0 Å². The van der Waals surface area contributed by atoms with Gasteiger partial charge in [0.1, 0.15) is 0 Å². The molecule has 0 fully saturated rings. The average molecular weight is 282 g/mol. The largest absolute Gasteiger partial charge is 0.253 e. The Labute approximate surface area is 124 Å². The van der Waals surface area contributed by atoms with Crippen LogP contribution in [0.2, 0.25) is 5.02 Å². The summed E-state index contributed by atoms with van der Waals surface area (Å²) in [6.45, 7) is 4.14. The van der Waals surface area contributed by atoms with Gasteiger partial charge in [0.05, 0.1) is 10.5 Å². The maximum absolute atomic E-state index is 6.57. The fourth-order valence-electron chi connectivity index (χ4n) is 2.60. The van der Waals surface area contributed by atoms with E-state index in [0.717, 1.165) is 33.6 Å². The van der Waals surface area contributed by atoms with Crippen molar-refractivity contribution in [1.82, 2.24) is 4.98 Å². The van der Waals surface area contributed by atoms with Gasteiger partial charge in [-0.3, -0.25) is 4.98 Å². The zero-order valence-corrected chi connectivity index (χ0v) is 12.4. The lowest BCUT2D eigenvalue weighted by atomic mass is 10.0. The number of hydrogen-bond donors (Lipinski definition) is 0. The van der Waals surface area contributed by atoms with Crippen molar-refractivity contribution in [2.24, 2.45) is 0 Å². The molecule has 0 spiro atoms. The highest BCUT2D eigenvalue weighted by Crippen LogP contribution is 2.31. The van der Waals surface area contributed by atoms with Crippen molar-refractivity contribution in [2.45, 2.75) is 20.3 Å². The molecule has 0 N–H and O–H groups in total. The standard InChI is InChI=1S/C18H16ClN/c1-3-15-12(2)20-17-10-9-14(11-16(17)18(15)19)13-7-5-4-6-8-13/h4-11H,3H2,1-2H3. The van der Waals surface area contributed by atoms with Crippen LogP contribution in [0.1, 0.15) is 18.2 Å². The van der Waals surface area contributed by atoms with Crippen LogP contribution in [0.25, 0.3) is 22.0 Å². The van der Waals surface area contributed by atoms with Crippen LogP contribution < -0.4 is 0 Å². The molecule has 1 heterocycles. The SMILES string of the molecule is CCc1c(C)nc2ccc(-c3ccccc3)cc2c1Cl. The van der Waals surface area contributed by atoms with Crippen molar-refractivity contribution in [2.75, 3.05) is 0 Å². The first kappa shape index (κ1) is 13.1. The van der Waals surface area contributed by atoms with Gasteiger partial charge in [0.15, 0.2) is 0 Å². The Bertz CT molecular complexity index is 763. The number of rotatable bonds is 2. The Morgan fingerprint density at radius 1 is 1.00 bits per heavy atom. The van der Waals surface area contributed by atoms with Gasteiger partial charge in [-0.15, -0.1) is 0 Å². The second kappa shape index (κ2) is 5.26. The summed E-state index contributed by atoms with van der Waals surface area (Å²) in [6.07, 6.45) is 0.906. The third-order valence-corrected chi connectivity index (χ3v) is 4.12. The van der Waals surface area contributed by atoms with E-state index in [-0.39, 0.29) is 0 Å². The lowest BCUT2D eigenvalue weighted by Gasteiger charge is -2.10. The molecule has 0 aliphatic heterocycles. The van der Waals surface area contributed by atoms with E-state index in [0.29, 0.717) is 0 Å². The van der Waals surface area contributed by atoms with Crippen LogP contribution in [0.5, 0.6) is 0 Å². The minimum Gasteiger partial charge on any atom is -0.253 e. The van der Waals surface area contributed by atoms with E-state index in [4.69, 9.17) is 11.6 Å². The molecule has 0 radical (unpaired) electrons. The van der Waals surface area contributed by atoms with Crippen molar-refractivity contribution >= 4 is 22.5 Å². The molecular weight excluding hydrogens is 266 g/mol. The van der Waals surface area contributed by atoms with Gasteiger partial charge in [0.25, 0.3) is 0 Å². The van der Waals surface area contributed by atoms with Gasteiger partial charge in [-0.05, 0) is 42.2 Å². The van der Waals surface area contributed by atoms with E-state index in [1.807, 2.05) is 25.1 Å². The van der Waals surface area contributed by atoms with Crippen LogP contribution in [0.15, 0.2) is 48.5 Å². The molecule has 3 aromatic rings. The molecule has 2 heteroatoms. The fraction of sp³-hybridized carbons (Fsp3) is 0.167. The Hall–Kier alpha value is -1.86. The number of nitrogens with zero attached hydrogens (tertiary/aromatic N) is 1. The molecular formula is C18H16ClN. The van der Waals surface area contributed by atoms with Crippen LogP contribution in [-0.2, 0) is 6.42 Å². The number of fused-ring (bicyclic) bond motifs is 1. The number of benzene rings is 2. The van der Waals surface area contributed by atoms with Gasteiger partial charge in [0, 0.05) is 11.1 Å². The summed E-state index contributed by atoms with van der Waals surface area (Å²) < 4.78 is 0. The van der Waals surface area contributed by atoms with Gasteiger partial charge in [-0.2, -0.15) is 0 Å². The molecule has 0 aliphatic carbocycles. The molecule has 0 aliphatic rings. The molecule has 0 saturated heterocycles. The van der Waals surface area contributed by atoms with Gasteiger partial charge in [0.2, 0.25) is 0 Å². The van der Waals surface area contributed by atoms with E-state index in [9.17, 15) is 0 Å². The normalized spacial score (nSPS) is 10.9. The molecule has 0 unspecified atom stereocenters. The molecule has 3 rings (SSSR count). The monoisotopic (exact) mass is 281 g/mol. The van der Waals surface area contributed by atoms with E-state index >= 15 is 0 Å². The quantitative estimate of drug-likeness (QED) is 0.611. The topological polar surface area (TPSA) is 12.9 Å². The molecule has 0 saturated carbocycles. The summed E-state index contributed by atoms with van der Waals surface area (Å²) in [6, 6.07) is 16.6. The lowest BCUT2D eigenvalue weighted by Crippen LogP contribution is -1.94. The Morgan fingerprint density at radius 3 is 2.45 bits per heavy atom. The summed E-state index contributed by atoms with van der Waals surface area (Å²) in [4.78, 5) is 4.66. The van der Waals surface area contributed by atoms with Crippen molar-refractivity contribution in [1.29, 1.82) is 0 Å². The predicted octanol–water partition coefficient (Wildman–Crippen LogP) is 5.43. The zero-order chi connectivity index (χ0) is 14.1. The minimum absolute atomic E-state index is 0.841. The average Bonchev–Trinajstić information content (AvgIpc) is 2.48. The molecule has 20 heavy (non-hydrogen) atoms. The van der Waals surface area contributed by atoms with E-state index in [1.54, 1.807) is 0 Å². The van der Waals surface area contributed by atoms with E-state index < -0.39 is 0 Å². The Balaban J connectivity index is 2.25. The van der Waals surface area contributed by atoms with E-state index in [2.05, 4.69) is 42.2 Å². The number of pyridine rings is 1. The van der Waals surface area contributed by atoms with Crippen molar-refractivity contribution in [3.63, 3.8) is 0 Å². The zero-order valence-electron chi connectivity index (χ0n) is 11.7. The predicted molar refractivity (Wildman–Crippen MR) is 86.3 cm³/mol. The molecule has 2 aromatic carbocycles. The first-order chi connectivity index (χ1) is 9.70. The Morgan fingerprint density at radius 2 is 1.75 bits per heavy atom. The number of aromatic nitrogens is 1. The molecule has 0 amide bonds. The third-order valence-electron chi connectivity index (χ3n) is 3.68. The summed E-state index contributed by atoms with van der Waals surface area (Å²) >= 11 is 6.57. The summed E-state index contributed by atoms with van der Waals surface area (Å²) in [5.41, 5.74) is 5.50. The van der Waals surface area contributed by atoms with Crippen LogP contribution in [0, 0.1) is 6.92 Å². The summed E-state index contributed by atoms with van der Waals surface area (Å²) in [5, 5.41) is 1.88. The number of halogens is 1. The first-order valence-electron chi connectivity index (χ1n) is 6.85. The van der Waals surface area contributed by atoms with Crippen molar-refractivity contribution in [3.8, 4) is 11.1 Å².